The van der Waals surface area contributed by atoms with Crippen molar-refractivity contribution in [3.05, 3.63) is 104 Å². The van der Waals surface area contributed by atoms with Gasteiger partial charge in [0.05, 0.1) is 51.9 Å². The van der Waals surface area contributed by atoms with Gasteiger partial charge in [-0.05, 0) is 57.4 Å². The zero-order chi connectivity index (χ0) is 48.5. The molecule has 17 heteroatoms. The van der Waals surface area contributed by atoms with Gasteiger partial charge in [0.2, 0.25) is 11.6 Å². The summed E-state index contributed by atoms with van der Waals surface area (Å²) in [6.07, 6.45) is 5.45. The Bertz CT molecular complexity index is 2450. The van der Waals surface area contributed by atoms with Crippen LogP contribution in [0.2, 0.25) is 10.0 Å². The van der Waals surface area contributed by atoms with Crippen molar-refractivity contribution < 1.29 is 62.7 Å². The lowest BCUT2D eigenvalue weighted by Gasteiger charge is -2.38. The third-order valence-electron chi connectivity index (χ3n) is 12.9. The number of fused-ring (bicyclic) bond motifs is 14. The number of aliphatic hydroxyl groups excluding tert-OH is 2. The quantitative estimate of drug-likeness (QED) is 0.199. The van der Waals surface area contributed by atoms with Crippen LogP contribution in [0.5, 0.6) is 11.5 Å². The summed E-state index contributed by atoms with van der Waals surface area (Å²) in [7, 11) is 1.42. The zero-order valence-electron chi connectivity index (χ0n) is 38.4. The normalized spacial score (nSPS) is 28.7. The van der Waals surface area contributed by atoms with E-state index in [1.807, 2.05) is 0 Å². The van der Waals surface area contributed by atoms with Gasteiger partial charge < -0.3 is 44.1 Å². The number of carbonyl (C=O) groups is 6. The Morgan fingerprint density at radius 2 is 1.58 bits per heavy atom. The largest absolute Gasteiger partial charge is 0.462 e. The van der Waals surface area contributed by atoms with Crippen LogP contribution in [0.1, 0.15) is 115 Å². The van der Waals surface area contributed by atoms with Crippen molar-refractivity contribution in [1.29, 1.82) is 0 Å². The molecule has 2 aromatic carbocycles. The van der Waals surface area contributed by atoms with E-state index in [1.54, 1.807) is 44.7 Å². The molecule has 3 N–H and O–H groups in total. The number of hydrogen-bond donors (Lipinski definition) is 3. The van der Waals surface area contributed by atoms with E-state index in [4.69, 9.17) is 46.9 Å². The predicted molar refractivity (Wildman–Crippen MR) is 243 cm³/mol. The molecule has 9 unspecified atom stereocenters. The molecule has 66 heavy (non-hydrogen) atoms. The molecule has 7 rings (SSSR count). The summed E-state index contributed by atoms with van der Waals surface area (Å²) in [5.74, 6) is -10.4. The fourth-order valence-corrected chi connectivity index (χ4v) is 9.50. The van der Waals surface area contributed by atoms with Crippen LogP contribution in [0.3, 0.4) is 0 Å². The number of halogens is 2. The first-order chi connectivity index (χ1) is 31.1. The fraction of sp³-hybridized carbons (Fsp3) is 0.469. The number of ketones is 3. The lowest BCUT2D eigenvalue weighted by Crippen LogP contribution is -2.46. The van der Waals surface area contributed by atoms with Gasteiger partial charge in [-0.3, -0.25) is 24.0 Å². The number of benzene rings is 2. The van der Waals surface area contributed by atoms with E-state index >= 15 is 9.59 Å². The predicted octanol–water partition coefficient (Wildman–Crippen LogP) is 7.26. The zero-order valence-corrected chi connectivity index (χ0v) is 39.9. The standard InChI is InChI=1S/C49H56Cl2N2O13/c1-23-14-13-15-24(2)47(60)52-37-38(53-19-11-10-12-20-53)42(58)34-35(41(37)57)44(65-48(61)31-17-16-30(50)22-32(31)51)28(6)45-36(34)46(59)49(8,66-45)63-21-18-33(62-9)25(3)43(64-29(7)54)27(5)40(56)26(4)39(23)55/h13-18,21-23,25-27,33,39-40,43,55-56H,10-12,19-20H2,1-9H3,(H,52,60). The molecule has 0 saturated carbocycles. The molecule has 1 fully saturated rings. The number of methoxy groups -OCH3 is 1. The molecule has 0 radical (unpaired) electrons. The van der Waals surface area contributed by atoms with Crippen molar-refractivity contribution in [2.24, 2.45) is 23.7 Å². The molecule has 1 saturated heterocycles. The van der Waals surface area contributed by atoms with Gasteiger partial charge in [-0.2, -0.15) is 0 Å². The number of esters is 2. The van der Waals surface area contributed by atoms with E-state index < -0.39 is 106 Å². The molecule has 1 aliphatic carbocycles. The average molecular weight is 952 g/mol. The van der Waals surface area contributed by atoms with Crippen LogP contribution >= 0.6 is 23.2 Å². The summed E-state index contributed by atoms with van der Waals surface area (Å²) < 4.78 is 29.9. The van der Waals surface area contributed by atoms with Gasteiger partial charge >= 0.3 is 17.7 Å². The van der Waals surface area contributed by atoms with E-state index in [2.05, 4.69) is 5.32 Å². The van der Waals surface area contributed by atoms with Crippen molar-refractivity contribution in [2.75, 3.05) is 20.2 Å². The number of nitrogens with zero attached hydrogens (tertiary/aromatic N) is 1. The Morgan fingerprint density at radius 3 is 2.21 bits per heavy atom. The minimum absolute atomic E-state index is 0.0162. The van der Waals surface area contributed by atoms with Gasteiger partial charge in [-0.25, -0.2) is 4.79 Å². The third-order valence-corrected chi connectivity index (χ3v) is 13.5. The Kier molecular flexibility index (Phi) is 15.4. The van der Waals surface area contributed by atoms with E-state index in [-0.39, 0.29) is 49.5 Å². The fourth-order valence-electron chi connectivity index (χ4n) is 9.01. The second-order valence-electron chi connectivity index (χ2n) is 17.6. The molecule has 4 aliphatic heterocycles. The lowest BCUT2D eigenvalue weighted by atomic mass is 9.78. The average Bonchev–Trinajstić information content (AvgIpc) is 3.54. The van der Waals surface area contributed by atoms with Gasteiger partial charge in [0.25, 0.3) is 11.7 Å². The van der Waals surface area contributed by atoms with Gasteiger partial charge in [0.1, 0.15) is 29.0 Å². The van der Waals surface area contributed by atoms with Gasteiger partial charge in [0, 0.05) is 73.9 Å². The van der Waals surface area contributed by atoms with Crippen LogP contribution in [-0.2, 0) is 23.8 Å². The molecule has 0 spiro atoms. The Morgan fingerprint density at radius 1 is 0.894 bits per heavy atom. The highest BCUT2D eigenvalue weighted by atomic mass is 35.5. The van der Waals surface area contributed by atoms with Crippen molar-refractivity contribution in [3.63, 3.8) is 0 Å². The molecule has 1 amide bonds. The van der Waals surface area contributed by atoms with E-state index in [0.29, 0.717) is 25.9 Å². The van der Waals surface area contributed by atoms with Crippen LogP contribution in [0.4, 0.5) is 0 Å². The first-order valence-electron chi connectivity index (χ1n) is 21.9. The third kappa shape index (κ3) is 9.73. The minimum Gasteiger partial charge on any atom is -0.462 e. The Balaban J connectivity index is 1.56. The number of Topliss-reactive ketones (excluding diaryl/α,β-unsaturated/α-hetero) is 3. The number of nitrogens with one attached hydrogen (secondary N) is 1. The number of rotatable bonds is 5. The number of piperidine rings is 1. The van der Waals surface area contributed by atoms with Gasteiger partial charge in [-0.15, -0.1) is 0 Å². The summed E-state index contributed by atoms with van der Waals surface area (Å²) in [6.45, 7) is 13.1. The Labute approximate surface area is 393 Å². The van der Waals surface area contributed by atoms with Crippen LogP contribution < -0.4 is 14.8 Å². The van der Waals surface area contributed by atoms with E-state index in [0.717, 1.165) is 6.42 Å². The molecular formula is C49H56Cl2N2O13. The lowest BCUT2D eigenvalue weighted by molar-refractivity contribution is -0.160. The van der Waals surface area contributed by atoms with E-state index in [9.17, 15) is 29.4 Å². The second kappa shape index (κ2) is 20.3. The number of carbonyl (C=O) groups excluding carboxylic acids is 6. The summed E-state index contributed by atoms with van der Waals surface area (Å²) >= 11 is 12.5. The van der Waals surface area contributed by atoms with Gasteiger partial charge in [0.15, 0.2) is 0 Å². The molecule has 354 valence electrons. The highest BCUT2D eigenvalue weighted by molar-refractivity contribution is 6.37. The maximum atomic E-state index is 15.3. The van der Waals surface area contributed by atoms with Crippen molar-refractivity contribution in [2.45, 2.75) is 105 Å². The summed E-state index contributed by atoms with van der Waals surface area (Å²) in [6, 6.07) is 4.07. The maximum Gasteiger partial charge on any atom is 0.345 e. The molecule has 2 aromatic rings. The first-order valence-corrected chi connectivity index (χ1v) is 22.7. The first kappa shape index (κ1) is 50.1. The molecule has 4 heterocycles. The van der Waals surface area contributed by atoms with Gasteiger partial charge in [-0.1, -0.05) is 69.1 Å². The van der Waals surface area contributed by atoms with E-state index in [1.165, 1.54) is 71.4 Å². The maximum absolute atomic E-state index is 15.3. The van der Waals surface area contributed by atoms with Crippen LogP contribution in [0.15, 0.2) is 65.7 Å². The monoisotopic (exact) mass is 950 g/mol. The highest BCUT2D eigenvalue weighted by Gasteiger charge is 2.53. The van der Waals surface area contributed by atoms with Crippen molar-refractivity contribution in [1.82, 2.24) is 10.2 Å². The number of aliphatic hydroxyl groups is 2. The smallest absolute Gasteiger partial charge is 0.345 e. The molecular weight excluding hydrogens is 895 g/mol. The Hall–Kier alpha value is -5.32. The molecule has 0 aromatic heterocycles. The molecule has 5 aliphatic rings. The molecule has 5 bridgehead atoms. The number of hydrogen-bond acceptors (Lipinski definition) is 14. The van der Waals surface area contributed by atoms with Crippen molar-refractivity contribution in [3.8, 4) is 11.5 Å². The van der Waals surface area contributed by atoms with Crippen LogP contribution in [0.25, 0.3) is 0 Å². The topological polar surface area (TPSA) is 204 Å². The van der Waals surface area contributed by atoms with Crippen LogP contribution in [0, 0.1) is 30.6 Å². The van der Waals surface area contributed by atoms with Crippen molar-refractivity contribution >= 4 is 58.4 Å². The highest BCUT2D eigenvalue weighted by Crippen LogP contribution is 2.50. The second-order valence-corrected chi connectivity index (χ2v) is 18.4. The summed E-state index contributed by atoms with van der Waals surface area (Å²) in [5, 5.41) is 25.9. The SMILES string of the molecule is COC1C=COC2(C)Oc3c(C)c(OC(=O)c4ccc(Cl)cc4Cl)c4c(c3C2=O)C(=O)C(N2CCCCC2)=C(NC(=O)C(C)=CC=CC(C)C(O)C(C)C(O)C(C)C(OC(C)=O)C1C)C4=O. The molecule has 9 atom stereocenters. The number of ether oxygens (including phenoxy) is 5. The van der Waals surface area contributed by atoms with Crippen LogP contribution in [-0.4, -0.2) is 101 Å². The number of amides is 1. The summed E-state index contributed by atoms with van der Waals surface area (Å²) in [4.78, 5) is 87.4. The molecule has 15 nitrogen and oxygen atoms in total. The minimum atomic E-state index is -2.17. The number of allylic oxidation sites excluding steroid dienone is 4. The summed E-state index contributed by atoms with van der Waals surface area (Å²) in [5.41, 5.74) is -1.72. The number of likely N-dealkylation sites (tertiary alicyclic amines) is 1.